The second-order valence-electron chi connectivity index (χ2n) is 9.50. The number of benzene rings is 1. The number of aromatic amines is 1. The third kappa shape index (κ3) is 5.05. The Bertz CT molecular complexity index is 1090. The maximum atomic E-state index is 14.5. The number of carbonyl (C=O) groups excluding carboxylic acids is 1. The van der Waals surface area contributed by atoms with E-state index < -0.39 is 17.3 Å². The van der Waals surface area contributed by atoms with Crippen LogP contribution in [0.1, 0.15) is 43.2 Å². The first-order valence-electron chi connectivity index (χ1n) is 11.3. The topological polar surface area (TPSA) is 73.9 Å². The number of H-pyrrole nitrogens is 1. The zero-order valence-electron chi connectivity index (χ0n) is 19.3. The van der Waals surface area contributed by atoms with Gasteiger partial charge in [-0.1, -0.05) is 6.07 Å². The van der Waals surface area contributed by atoms with Crippen LogP contribution in [-0.2, 0) is 11.2 Å². The van der Waals surface area contributed by atoms with E-state index in [9.17, 15) is 13.6 Å². The number of amides is 1. The number of halogens is 2. The number of aromatic nitrogens is 3. The van der Waals surface area contributed by atoms with Gasteiger partial charge < -0.3 is 10.2 Å². The van der Waals surface area contributed by atoms with Crippen molar-refractivity contribution in [2.45, 2.75) is 50.5 Å². The minimum Gasteiger partial charge on any atom is -0.355 e. The lowest BCUT2D eigenvalue weighted by molar-refractivity contribution is -0.123. The minimum atomic E-state index is -2.85. The van der Waals surface area contributed by atoms with Crippen molar-refractivity contribution in [1.29, 1.82) is 0 Å². The Hall–Kier alpha value is -2.87. The van der Waals surface area contributed by atoms with Gasteiger partial charge in [-0.25, -0.2) is 8.78 Å². The molecule has 1 aliphatic carbocycles. The lowest BCUT2D eigenvalue weighted by Gasteiger charge is -2.32. The number of hydrogen-bond acceptors (Lipinski definition) is 4. The fourth-order valence-electron chi connectivity index (χ4n) is 4.77. The molecule has 2 atom stereocenters. The molecule has 2 aromatic heterocycles. The van der Waals surface area contributed by atoms with E-state index in [2.05, 4.69) is 37.5 Å². The molecule has 1 aromatic carbocycles. The molecule has 2 N–H and O–H groups in total. The van der Waals surface area contributed by atoms with Crippen LogP contribution in [0.2, 0.25) is 0 Å². The van der Waals surface area contributed by atoms with Crippen molar-refractivity contribution in [3.63, 3.8) is 0 Å². The van der Waals surface area contributed by atoms with Gasteiger partial charge in [-0.3, -0.25) is 14.9 Å². The Morgan fingerprint density at radius 2 is 1.97 bits per heavy atom. The highest BCUT2D eigenvalue weighted by atomic mass is 19.3. The molecule has 176 valence electrons. The standard InChI is InChI=1S/C25H31F2N5O/c1-24(26,27)25(8-9-25)21(18-6-10-28-11-7-18)14-23(33)29-16-20(32(2)3)13-17-4-5-22-19(12-17)15-30-31-22/h4-7,10-12,15,20-21H,8-9,13-14,16H2,1-3H3,(H,29,33)(H,30,31)/t20-,21+/m0/s1. The first kappa shape index (κ1) is 23.3. The number of nitrogens with one attached hydrogen (secondary N) is 2. The van der Waals surface area contributed by atoms with Crippen LogP contribution >= 0.6 is 0 Å². The molecular formula is C25H31F2N5O. The third-order valence-electron chi connectivity index (χ3n) is 7.07. The van der Waals surface area contributed by atoms with E-state index in [0.29, 0.717) is 19.4 Å². The summed E-state index contributed by atoms with van der Waals surface area (Å²) in [4.78, 5) is 19.0. The van der Waals surface area contributed by atoms with Crippen LogP contribution < -0.4 is 5.32 Å². The van der Waals surface area contributed by atoms with Crippen molar-refractivity contribution in [2.24, 2.45) is 5.41 Å². The first-order chi connectivity index (χ1) is 15.7. The van der Waals surface area contributed by atoms with Crippen LogP contribution in [0.4, 0.5) is 8.78 Å². The molecule has 0 radical (unpaired) electrons. The van der Waals surface area contributed by atoms with Crippen molar-refractivity contribution in [3.05, 3.63) is 60.0 Å². The van der Waals surface area contributed by atoms with E-state index in [1.165, 1.54) is 0 Å². The van der Waals surface area contributed by atoms with Gasteiger partial charge in [-0.15, -0.1) is 0 Å². The molecule has 8 heteroatoms. The van der Waals surface area contributed by atoms with E-state index in [4.69, 9.17) is 0 Å². The van der Waals surface area contributed by atoms with Gasteiger partial charge in [0.1, 0.15) is 0 Å². The van der Waals surface area contributed by atoms with Crippen LogP contribution in [0.3, 0.4) is 0 Å². The predicted octanol–water partition coefficient (Wildman–Crippen LogP) is 4.16. The van der Waals surface area contributed by atoms with E-state index in [-0.39, 0.29) is 18.4 Å². The molecule has 1 fully saturated rings. The van der Waals surface area contributed by atoms with Crippen LogP contribution in [0, 0.1) is 5.41 Å². The van der Waals surface area contributed by atoms with E-state index in [0.717, 1.165) is 35.4 Å². The van der Waals surface area contributed by atoms with Crippen LogP contribution in [-0.4, -0.2) is 58.6 Å². The fraction of sp³-hybridized carbons (Fsp3) is 0.480. The Kier molecular flexibility index (Phi) is 6.47. The lowest BCUT2D eigenvalue weighted by atomic mass is 9.77. The molecular weight excluding hydrogens is 424 g/mol. The summed E-state index contributed by atoms with van der Waals surface area (Å²) in [6, 6.07) is 9.72. The van der Waals surface area contributed by atoms with Gasteiger partial charge >= 0.3 is 0 Å². The predicted molar refractivity (Wildman–Crippen MR) is 124 cm³/mol. The molecule has 1 saturated carbocycles. The van der Waals surface area contributed by atoms with Crippen LogP contribution in [0.15, 0.2) is 48.9 Å². The highest BCUT2D eigenvalue weighted by molar-refractivity contribution is 5.78. The van der Waals surface area contributed by atoms with Crippen LogP contribution in [0.25, 0.3) is 10.9 Å². The number of fused-ring (bicyclic) bond motifs is 1. The average molecular weight is 456 g/mol. The van der Waals surface area contributed by atoms with Crippen molar-refractivity contribution < 1.29 is 13.6 Å². The average Bonchev–Trinajstić information content (AvgIpc) is 3.47. The second kappa shape index (κ2) is 9.17. The molecule has 33 heavy (non-hydrogen) atoms. The number of likely N-dealkylation sites (N-methyl/N-ethyl adjacent to an activating group) is 1. The maximum absolute atomic E-state index is 14.5. The van der Waals surface area contributed by atoms with Crippen LogP contribution in [0.5, 0.6) is 0 Å². The smallest absolute Gasteiger partial charge is 0.251 e. The number of alkyl halides is 2. The largest absolute Gasteiger partial charge is 0.355 e. The summed E-state index contributed by atoms with van der Waals surface area (Å²) in [6.45, 7) is 1.42. The normalized spacial score (nSPS) is 17.2. The molecule has 0 spiro atoms. The first-order valence-corrected chi connectivity index (χ1v) is 11.3. The molecule has 0 unspecified atom stereocenters. The summed E-state index contributed by atoms with van der Waals surface area (Å²) < 4.78 is 29.1. The Morgan fingerprint density at radius 3 is 2.61 bits per heavy atom. The second-order valence-corrected chi connectivity index (χ2v) is 9.50. The molecule has 3 aromatic rings. The number of carbonyl (C=O) groups is 1. The van der Waals surface area contributed by atoms with Gasteiger partial charge in [-0.2, -0.15) is 5.10 Å². The Morgan fingerprint density at radius 1 is 1.24 bits per heavy atom. The van der Waals surface area contributed by atoms with Gasteiger partial charge in [0, 0.05) is 48.1 Å². The van der Waals surface area contributed by atoms with E-state index in [1.54, 1.807) is 30.7 Å². The highest BCUT2D eigenvalue weighted by Gasteiger charge is 2.63. The Labute approximate surface area is 192 Å². The van der Waals surface area contributed by atoms with Gasteiger partial charge in [0.05, 0.1) is 11.7 Å². The van der Waals surface area contributed by atoms with Crippen molar-refractivity contribution in [3.8, 4) is 0 Å². The molecule has 2 heterocycles. The summed E-state index contributed by atoms with van der Waals surface area (Å²) in [6.07, 6.45) is 6.63. The molecule has 1 aliphatic rings. The van der Waals surface area contributed by atoms with Crippen molar-refractivity contribution in [1.82, 2.24) is 25.4 Å². The quantitative estimate of drug-likeness (QED) is 0.482. The monoisotopic (exact) mass is 455 g/mol. The number of pyridine rings is 1. The van der Waals surface area contributed by atoms with Gasteiger partial charge in [0.2, 0.25) is 5.91 Å². The van der Waals surface area contributed by atoms with Gasteiger partial charge in [-0.05, 0) is 75.7 Å². The minimum absolute atomic E-state index is 0.0363. The van der Waals surface area contributed by atoms with Gasteiger partial charge in [0.15, 0.2) is 0 Å². The molecule has 0 saturated heterocycles. The summed E-state index contributed by atoms with van der Waals surface area (Å²) in [5.41, 5.74) is 1.72. The number of rotatable bonds is 10. The summed E-state index contributed by atoms with van der Waals surface area (Å²) in [5.74, 6) is -3.59. The summed E-state index contributed by atoms with van der Waals surface area (Å²) in [5, 5.41) is 11.1. The molecule has 0 aliphatic heterocycles. The molecule has 4 rings (SSSR count). The van der Waals surface area contributed by atoms with E-state index in [1.807, 2.05) is 20.2 Å². The summed E-state index contributed by atoms with van der Waals surface area (Å²) in [7, 11) is 3.95. The molecule has 6 nitrogen and oxygen atoms in total. The third-order valence-corrected chi connectivity index (χ3v) is 7.07. The van der Waals surface area contributed by atoms with E-state index >= 15 is 0 Å². The maximum Gasteiger partial charge on any atom is 0.251 e. The Balaban J connectivity index is 1.43. The fourth-order valence-corrected chi connectivity index (χ4v) is 4.77. The number of nitrogens with zero attached hydrogens (tertiary/aromatic N) is 3. The van der Waals surface area contributed by atoms with Gasteiger partial charge in [0.25, 0.3) is 5.92 Å². The highest BCUT2D eigenvalue weighted by Crippen LogP contribution is 2.65. The zero-order chi connectivity index (χ0) is 23.6. The zero-order valence-corrected chi connectivity index (χ0v) is 19.3. The van der Waals surface area contributed by atoms with Crippen molar-refractivity contribution >= 4 is 16.8 Å². The summed E-state index contributed by atoms with van der Waals surface area (Å²) >= 11 is 0. The SMILES string of the molecule is CN(C)[C@H](CNC(=O)C[C@H](c1ccncc1)C1(C(C)(F)F)CC1)Cc1ccc2[nH]ncc2c1. The number of hydrogen-bond donors (Lipinski definition) is 2. The molecule has 1 amide bonds. The van der Waals surface area contributed by atoms with Crippen molar-refractivity contribution in [2.75, 3.05) is 20.6 Å². The lowest BCUT2D eigenvalue weighted by Crippen LogP contribution is -2.43. The molecule has 0 bridgehead atoms.